The summed E-state index contributed by atoms with van der Waals surface area (Å²) >= 11 is 1.60. The van der Waals surface area contributed by atoms with Crippen molar-refractivity contribution >= 4 is 44.2 Å². The highest BCUT2D eigenvalue weighted by Gasteiger charge is 2.25. The van der Waals surface area contributed by atoms with Crippen LogP contribution in [0, 0.1) is 5.92 Å². The molecule has 1 saturated heterocycles. The van der Waals surface area contributed by atoms with Crippen LogP contribution in [0.1, 0.15) is 42.6 Å². The number of methoxy groups -OCH3 is 1. The van der Waals surface area contributed by atoms with E-state index in [9.17, 15) is 4.79 Å². The van der Waals surface area contributed by atoms with Crippen molar-refractivity contribution in [2.75, 3.05) is 44.7 Å². The maximum atomic E-state index is 12.8. The third-order valence-corrected chi connectivity index (χ3v) is 8.96. The van der Waals surface area contributed by atoms with Gasteiger partial charge < -0.3 is 19.9 Å². The quantitative estimate of drug-likeness (QED) is 0.349. The topological polar surface area (TPSA) is 73.5 Å². The minimum absolute atomic E-state index is 0.00983. The predicted octanol–water partition coefficient (Wildman–Crippen LogP) is 5.29. The number of nitrogens with zero attached hydrogens (tertiary/aromatic N) is 3. The smallest absolute Gasteiger partial charge is 0.267 e. The van der Waals surface area contributed by atoms with Gasteiger partial charge in [0.15, 0.2) is 0 Å². The second-order valence-corrected chi connectivity index (χ2v) is 11.3. The molecule has 3 heterocycles. The highest BCUT2D eigenvalue weighted by Crippen LogP contribution is 2.31. The van der Waals surface area contributed by atoms with Crippen LogP contribution in [-0.2, 0) is 0 Å². The third kappa shape index (κ3) is 5.31. The Morgan fingerprint density at radius 1 is 1.08 bits per heavy atom. The van der Waals surface area contributed by atoms with Crippen LogP contribution >= 0.6 is 11.5 Å². The molecule has 1 saturated carbocycles. The van der Waals surface area contributed by atoms with Crippen molar-refractivity contribution in [2.45, 2.75) is 38.1 Å². The first kappa shape index (κ1) is 24.2. The molecule has 194 valence electrons. The second-order valence-electron chi connectivity index (χ2n) is 10.4. The summed E-state index contributed by atoms with van der Waals surface area (Å²) in [6, 6.07) is 16.5. The Hall–Kier alpha value is -3.10. The van der Waals surface area contributed by atoms with Gasteiger partial charge in [-0.05, 0) is 92.5 Å². The van der Waals surface area contributed by atoms with E-state index in [4.69, 9.17) is 9.11 Å². The maximum absolute atomic E-state index is 12.8. The molecule has 8 heteroatoms. The Bertz CT molecular complexity index is 1370. The van der Waals surface area contributed by atoms with E-state index >= 15 is 0 Å². The summed E-state index contributed by atoms with van der Waals surface area (Å²) in [7, 11) is 1.66. The highest BCUT2D eigenvalue weighted by molar-refractivity contribution is 7.13. The fourth-order valence-electron chi connectivity index (χ4n) is 5.87. The number of rotatable bonds is 7. The van der Waals surface area contributed by atoms with Crippen molar-refractivity contribution in [3.63, 3.8) is 0 Å². The number of piperazine rings is 1. The van der Waals surface area contributed by atoms with Crippen LogP contribution in [0.4, 0.5) is 5.82 Å². The molecule has 1 amide bonds. The van der Waals surface area contributed by atoms with E-state index in [1.54, 1.807) is 18.6 Å². The lowest BCUT2D eigenvalue weighted by molar-refractivity contribution is 0.0915. The lowest BCUT2D eigenvalue weighted by Crippen LogP contribution is -2.47. The zero-order chi connectivity index (χ0) is 25.2. The van der Waals surface area contributed by atoms with Crippen molar-refractivity contribution in [2.24, 2.45) is 5.92 Å². The van der Waals surface area contributed by atoms with Gasteiger partial charge in [-0.25, -0.2) is 0 Å². The molecule has 0 bridgehead atoms. The van der Waals surface area contributed by atoms with Crippen LogP contribution < -0.4 is 15.0 Å². The molecule has 4 aromatic rings. The summed E-state index contributed by atoms with van der Waals surface area (Å²) in [4.78, 5) is 21.2. The molecular formula is C29H35N5O2S. The van der Waals surface area contributed by atoms with E-state index in [1.807, 2.05) is 24.3 Å². The molecule has 0 spiro atoms. The van der Waals surface area contributed by atoms with Crippen LogP contribution in [0.2, 0.25) is 0 Å². The van der Waals surface area contributed by atoms with Crippen molar-refractivity contribution in [1.82, 2.24) is 19.6 Å². The first-order chi connectivity index (χ1) is 18.2. The molecule has 0 radical (unpaired) electrons. The van der Waals surface area contributed by atoms with Crippen molar-refractivity contribution < 1.29 is 9.53 Å². The minimum atomic E-state index is -0.00983. The Labute approximate surface area is 222 Å². The van der Waals surface area contributed by atoms with E-state index in [-0.39, 0.29) is 11.9 Å². The van der Waals surface area contributed by atoms with Gasteiger partial charge >= 0.3 is 0 Å². The highest BCUT2D eigenvalue weighted by atomic mass is 32.1. The Morgan fingerprint density at radius 3 is 2.70 bits per heavy atom. The zero-order valence-electron chi connectivity index (χ0n) is 21.4. The lowest BCUT2D eigenvalue weighted by atomic mass is 9.84. The molecule has 1 aliphatic carbocycles. The van der Waals surface area contributed by atoms with Gasteiger partial charge in [-0.2, -0.15) is 4.37 Å². The molecule has 2 fully saturated rings. The number of benzene rings is 2. The van der Waals surface area contributed by atoms with Crippen molar-refractivity contribution in [3.8, 4) is 5.75 Å². The van der Waals surface area contributed by atoms with Crippen molar-refractivity contribution in [1.29, 1.82) is 0 Å². The van der Waals surface area contributed by atoms with Gasteiger partial charge in [-0.15, -0.1) is 0 Å². The molecule has 1 aliphatic heterocycles. The monoisotopic (exact) mass is 517 g/mol. The molecule has 2 aromatic carbocycles. The largest absolute Gasteiger partial charge is 0.497 e. The number of nitrogens with one attached hydrogen (secondary N) is 2. The number of carbonyl (C=O) groups is 1. The Kier molecular flexibility index (Phi) is 7.02. The van der Waals surface area contributed by atoms with E-state index in [1.165, 1.54) is 35.9 Å². The number of amides is 1. The van der Waals surface area contributed by atoms with Gasteiger partial charge in [-0.3, -0.25) is 9.69 Å². The number of aromatic nitrogens is 2. The summed E-state index contributed by atoms with van der Waals surface area (Å²) < 4.78 is 11.3. The van der Waals surface area contributed by atoms with Crippen molar-refractivity contribution in [3.05, 3.63) is 54.2 Å². The summed E-state index contributed by atoms with van der Waals surface area (Å²) in [5, 5.41) is 5.54. The van der Waals surface area contributed by atoms with Gasteiger partial charge in [0, 0.05) is 48.5 Å². The molecule has 2 aliphatic rings. The molecule has 6 rings (SSSR count). The van der Waals surface area contributed by atoms with Gasteiger partial charge in [-0.1, -0.05) is 12.1 Å². The van der Waals surface area contributed by atoms with Gasteiger partial charge in [0.05, 0.1) is 11.8 Å². The number of hydrogen-bond donors (Lipinski definition) is 2. The Balaban J connectivity index is 0.932. The van der Waals surface area contributed by atoms with Crippen LogP contribution in [-0.4, -0.2) is 66.0 Å². The SMILES string of the molecule is COc1ccc2[nH]c(C(=O)NC3CCC(CCN4CCN(c5nsc6ccccc56)CC4)CC3)cc2c1. The summed E-state index contributed by atoms with van der Waals surface area (Å²) in [5.41, 5.74) is 1.57. The number of aromatic amines is 1. The van der Waals surface area contributed by atoms with E-state index in [0.29, 0.717) is 5.69 Å². The van der Waals surface area contributed by atoms with Gasteiger partial charge in [0.25, 0.3) is 5.91 Å². The fourth-order valence-corrected chi connectivity index (χ4v) is 6.66. The minimum Gasteiger partial charge on any atom is -0.497 e. The van der Waals surface area contributed by atoms with Crippen LogP contribution in [0.5, 0.6) is 5.75 Å². The lowest BCUT2D eigenvalue weighted by Gasteiger charge is -2.36. The molecular weight excluding hydrogens is 482 g/mol. The fraction of sp³-hybridized carbons (Fsp3) is 0.448. The number of H-pyrrole nitrogens is 1. The molecule has 2 aromatic heterocycles. The normalized spacial score (nSPS) is 20.9. The molecule has 2 N–H and O–H groups in total. The number of carbonyl (C=O) groups excluding carboxylic acids is 1. The summed E-state index contributed by atoms with van der Waals surface area (Å²) in [5.74, 6) is 2.71. The van der Waals surface area contributed by atoms with Gasteiger partial charge in [0.1, 0.15) is 17.3 Å². The standard InChI is InChI=1S/C29H35N5O2S/c1-36-23-10-11-25-21(18-23)19-26(31-25)29(35)30-22-8-6-20(7-9-22)12-13-33-14-16-34(17-15-33)28-24-4-2-3-5-27(24)37-32-28/h2-5,10-11,18-20,22,31H,6-9,12-17H2,1H3,(H,30,35). The molecule has 37 heavy (non-hydrogen) atoms. The first-order valence-electron chi connectivity index (χ1n) is 13.5. The van der Waals surface area contributed by atoms with E-state index in [0.717, 1.165) is 67.4 Å². The molecule has 0 atom stereocenters. The average Bonchev–Trinajstić information content (AvgIpc) is 3.57. The predicted molar refractivity (Wildman–Crippen MR) is 151 cm³/mol. The second kappa shape index (κ2) is 10.7. The molecule has 7 nitrogen and oxygen atoms in total. The number of hydrogen-bond acceptors (Lipinski definition) is 6. The summed E-state index contributed by atoms with van der Waals surface area (Å²) in [6.45, 7) is 5.48. The Morgan fingerprint density at radius 2 is 1.89 bits per heavy atom. The third-order valence-electron chi connectivity index (χ3n) is 8.14. The van der Waals surface area contributed by atoms with Crippen LogP contribution in [0.15, 0.2) is 48.5 Å². The number of fused-ring (bicyclic) bond motifs is 2. The molecule has 0 unspecified atom stereocenters. The number of ether oxygens (including phenoxy) is 1. The van der Waals surface area contributed by atoms with E-state index < -0.39 is 0 Å². The van der Waals surface area contributed by atoms with Gasteiger partial charge in [0.2, 0.25) is 0 Å². The summed E-state index contributed by atoms with van der Waals surface area (Å²) in [6.07, 6.45) is 5.77. The van der Waals surface area contributed by atoms with Crippen LogP contribution in [0.25, 0.3) is 21.0 Å². The zero-order valence-corrected chi connectivity index (χ0v) is 22.2. The maximum Gasteiger partial charge on any atom is 0.267 e. The average molecular weight is 518 g/mol. The van der Waals surface area contributed by atoms with Crippen LogP contribution in [0.3, 0.4) is 0 Å². The first-order valence-corrected chi connectivity index (χ1v) is 14.2. The number of anilines is 1. The van der Waals surface area contributed by atoms with E-state index in [2.05, 4.69) is 44.4 Å².